The van der Waals surface area contributed by atoms with Crippen LogP contribution in [0.4, 0.5) is 0 Å². The summed E-state index contributed by atoms with van der Waals surface area (Å²) in [5.41, 5.74) is -1.06. The number of hydrogen-bond donors (Lipinski definition) is 1. The van der Waals surface area contributed by atoms with Crippen LogP contribution in [-0.4, -0.2) is 46.1 Å². The molecule has 2 aliphatic rings. The third kappa shape index (κ3) is 3.32. The van der Waals surface area contributed by atoms with Crippen molar-refractivity contribution in [2.45, 2.75) is 52.0 Å². The van der Waals surface area contributed by atoms with E-state index in [9.17, 15) is 9.59 Å². The van der Waals surface area contributed by atoms with Gasteiger partial charge in [-0.3, -0.25) is 14.3 Å². The number of carbonyl (C=O) groups excluding carboxylic acids is 2. The van der Waals surface area contributed by atoms with Gasteiger partial charge in [-0.15, -0.1) is 0 Å². The first-order valence-electron chi connectivity index (χ1n) is 8.91. The number of nitrogens with one attached hydrogen (secondary N) is 1. The Morgan fingerprint density at radius 3 is 2.42 bits per heavy atom. The molecule has 2 heterocycles. The van der Waals surface area contributed by atoms with E-state index in [1.165, 1.54) is 12.8 Å². The van der Waals surface area contributed by atoms with Gasteiger partial charge in [0.25, 0.3) is 0 Å². The second kappa shape index (κ2) is 6.22. The highest BCUT2D eigenvalue weighted by molar-refractivity contribution is 5.86. The SMILES string of the molecule is CC(C)(C)C(=O)N1CCC(C(=O)NCC2CC2)(n2cccn2)CC1. The molecule has 1 saturated carbocycles. The van der Waals surface area contributed by atoms with Crippen molar-refractivity contribution in [2.24, 2.45) is 11.3 Å². The Kier molecular flexibility index (Phi) is 4.40. The van der Waals surface area contributed by atoms with Gasteiger partial charge in [0.05, 0.1) is 0 Å². The topological polar surface area (TPSA) is 67.2 Å². The monoisotopic (exact) mass is 332 g/mol. The Hall–Kier alpha value is -1.85. The van der Waals surface area contributed by atoms with Gasteiger partial charge in [-0.05, 0) is 37.7 Å². The van der Waals surface area contributed by atoms with E-state index in [0.717, 1.165) is 6.54 Å². The molecule has 6 heteroatoms. The van der Waals surface area contributed by atoms with E-state index in [-0.39, 0.29) is 17.2 Å². The summed E-state index contributed by atoms with van der Waals surface area (Å²) < 4.78 is 1.79. The van der Waals surface area contributed by atoms with Crippen LogP contribution in [0.25, 0.3) is 0 Å². The summed E-state index contributed by atoms with van der Waals surface area (Å²) in [7, 11) is 0. The fourth-order valence-corrected chi connectivity index (χ4v) is 3.36. The lowest BCUT2D eigenvalue weighted by Gasteiger charge is -2.42. The average molecular weight is 332 g/mol. The van der Waals surface area contributed by atoms with E-state index in [0.29, 0.717) is 31.8 Å². The highest BCUT2D eigenvalue weighted by Crippen LogP contribution is 2.33. The molecule has 0 spiro atoms. The molecule has 1 aromatic rings. The Morgan fingerprint density at radius 2 is 1.92 bits per heavy atom. The van der Waals surface area contributed by atoms with Crippen LogP contribution in [0.15, 0.2) is 18.5 Å². The van der Waals surface area contributed by atoms with Gasteiger partial charge in [-0.25, -0.2) is 0 Å². The van der Waals surface area contributed by atoms with E-state index in [1.807, 2.05) is 37.9 Å². The third-order valence-electron chi connectivity index (χ3n) is 5.13. The fraction of sp³-hybridized carbons (Fsp3) is 0.722. The van der Waals surface area contributed by atoms with Crippen LogP contribution >= 0.6 is 0 Å². The molecule has 132 valence electrons. The van der Waals surface area contributed by atoms with Crippen molar-refractivity contribution in [3.63, 3.8) is 0 Å². The van der Waals surface area contributed by atoms with Gasteiger partial charge < -0.3 is 10.2 Å². The van der Waals surface area contributed by atoms with Crippen LogP contribution < -0.4 is 5.32 Å². The summed E-state index contributed by atoms with van der Waals surface area (Å²) in [6.45, 7) is 7.75. The number of amides is 2. The Morgan fingerprint density at radius 1 is 1.25 bits per heavy atom. The second-order valence-corrected chi connectivity index (χ2v) is 8.18. The van der Waals surface area contributed by atoms with Crippen LogP contribution in [0.2, 0.25) is 0 Å². The molecule has 1 N–H and O–H groups in total. The Bertz CT molecular complexity index is 591. The van der Waals surface area contributed by atoms with E-state index in [1.54, 1.807) is 10.9 Å². The fourth-order valence-electron chi connectivity index (χ4n) is 3.36. The summed E-state index contributed by atoms with van der Waals surface area (Å²) in [5.74, 6) is 0.835. The molecule has 2 amide bonds. The standard InChI is InChI=1S/C18H28N4O2/c1-17(2,3)16(24)21-11-7-18(8-12-21,22-10-4-9-20-22)15(23)19-13-14-5-6-14/h4,9-10,14H,5-8,11-13H2,1-3H3,(H,19,23). The highest BCUT2D eigenvalue weighted by Gasteiger charge is 2.45. The van der Waals surface area contributed by atoms with Gasteiger partial charge in [0, 0.05) is 37.4 Å². The van der Waals surface area contributed by atoms with Gasteiger partial charge in [0.1, 0.15) is 5.54 Å². The second-order valence-electron chi connectivity index (χ2n) is 8.18. The van der Waals surface area contributed by atoms with E-state index < -0.39 is 5.54 Å². The minimum Gasteiger partial charge on any atom is -0.354 e. The summed E-state index contributed by atoms with van der Waals surface area (Å²) in [5, 5.41) is 7.46. The number of rotatable bonds is 4. The molecule has 24 heavy (non-hydrogen) atoms. The molecule has 0 unspecified atom stereocenters. The van der Waals surface area contributed by atoms with E-state index in [4.69, 9.17) is 0 Å². The van der Waals surface area contributed by atoms with E-state index in [2.05, 4.69) is 10.4 Å². The van der Waals surface area contributed by atoms with Gasteiger partial charge in [-0.2, -0.15) is 5.10 Å². The summed E-state index contributed by atoms with van der Waals surface area (Å²) in [6.07, 6.45) is 7.20. The number of nitrogens with zero attached hydrogens (tertiary/aromatic N) is 3. The van der Waals surface area contributed by atoms with Crippen molar-refractivity contribution in [1.29, 1.82) is 0 Å². The maximum absolute atomic E-state index is 12.9. The Labute approximate surface area is 143 Å². The number of piperidine rings is 1. The van der Waals surface area contributed by atoms with E-state index >= 15 is 0 Å². The maximum Gasteiger partial charge on any atom is 0.248 e. The lowest BCUT2D eigenvalue weighted by atomic mass is 9.84. The Balaban J connectivity index is 1.73. The van der Waals surface area contributed by atoms with Crippen LogP contribution in [0.5, 0.6) is 0 Å². The van der Waals surface area contributed by atoms with Crippen molar-refractivity contribution in [3.05, 3.63) is 18.5 Å². The van der Waals surface area contributed by atoms with Gasteiger partial charge in [-0.1, -0.05) is 20.8 Å². The molecule has 1 aromatic heterocycles. The zero-order chi connectivity index (χ0) is 17.4. The first-order valence-corrected chi connectivity index (χ1v) is 8.91. The molecular weight excluding hydrogens is 304 g/mol. The molecule has 0 radical (unpaired) electrons. The minimum atomic E-state index is -0.674. The predicted octanol–water partition coefficient (Wildman–Crippen LogP) is 1.77. The highest BCUT2D eigenvalue weighted by atomic mass is 16.2. The number of likely N-dealkylation sites (tertiary alicyclic amines) is 1. The van der Waals surface area contributed by atoms with Crippen molar-refractivity contribution in [2.75, 3.05) is 19.6 Å². The smallest absolute Gasteiger partial charge is 0.248 e. The number of aromatic nitrogens is 2. The first kappa shape index (κ1) is 17.0. The van der Waals surface area contributed by atoms with Gasteiger partial charge in [0.15, 0.2) is 0 Å². The normalized spacial score (nSPS) is 20.7. The number of carbonyl (C=O) groups is 2. The van der Waals surface area contributed by atoms with Gasteiger partial charge >= 0.3 is 0 Å². The molecule has 6 nitrogen and oxygen atoms in total. The predicted molar refractivity (Wildman–Crippen MR) is 91.2 cm³/mol. The molecule has 1 aliphatic carbocycles. The van der Waals surface area contributed by atoms with Crippen molar-refractivity contribution in [1.82, 2.24) is 20.0 Å². The zero-order valence-corrected chi connectivity index (χ0v) is 14.9. The third-order valence-corrected chi connectivity index (χ3v) is 5.13. The zero-order valence-electron chi connectivity index (χ0n) is 14.9. The van der Waals surface area contributed by atoms with Crippen molar-refractivity contribution >= 4 is 11.8 Å². The molecule has 3 rings (SSSR count). The molecule has 2 fully saturated rings. The summed E-state index contributed by atoms with van der Waals surface area (Å²) in [6, 6.07) is 1.85. The number of hydrogen-bond acceptors (Lipinski definition) is 3. The minimum absolute atomic E-state index is 0.0426. The van der Waals surface area contributed by atoms with Crippen LogP contribution in [-0.2, 0) is 15.1 Å². The lowest BCUT2D eigenvalue weighted by molar-refractivity contribution is -0.145. The largest absolute Gasteiger partial charge is 0.354 e. The molecular formula is C18H28N4O2. The van der Waals surface area contributed by atoms with Crippen LogP contribution in [0, 0.1) is 11.3 Å². The quantitative estimate of drug-likeness (QED) is 0.914. The molecule has 1 aliphatic heterocycles. The lowest BCUT2D eigenvalue weighted by Crippen LogP contribution is -2.57. The van der Waals surface area contributed by atoms with Crippen molar-refractivity contribution in [3.8, 4) is 0 Å². The summed E-state index contributed by atoms with van der Waals surface area (Å²) in [4.78, 5) is 27.3. The van der Waals surface area contributed by atoms with Crippen LogP contribution in [0.3, 0.4) is 0 Å². The van der Waals surface area contributed by atoms with Crippen molar-refractivity contribution < 1.29 is 9.59 Å². The van der Waals surface area contributed by atoms with Crippen LogP contribution in [0.1, 0.15) is 46.5 Å². The maximum atomic E-state index is 12.9. The first-order chi connectivity index (χ1) is 11.3. The molecule has 0 bridgehead atoms. The molecule has 0 atom stereocenters. The van der Waals surface area contributed by atoms with Gasteiger partial charge in [0.2, 0.25) is 11.8 Å². The molecule has 0 aromatic carbocycles. The molecule has 1 saturated heterocycles. The average Bonchev–Trinajstić information content (AvgIpc) is 3.22. The summed E-state index contributed by atoms with van der Waals surface area (Å²) >= 11 is 0.